The maximum atomic E-state index is 12.6. The highest BCUT2D eigenvalue weighted by Crippen LogP contribution is 2.27. The number of benzene rings is 1. The number of anilines is 1. The molecule has 0 atom stereocenters. The van der Waals surface area contributed by atoms with Crippen molar-refractivity contribution < 1.29 is 13.7 Å². The van der Waals surface area contributed by atoms with Gasteiger partial charge in [0.05, 0.1) is 6.26 Å². The highest BCUT2D eigenvalue weighted by molar-refractivity contribution is 6.08. The SMILES string of the molecule is Cc1coc(NC(=O)c2c(-c3ccccc3)noc2C)c1C#N. The number of furan rings is 1. The molecule has 0 radical (unpaired) electrons. The maximum Gasteiger partial charge on any atom is 0.263 e. The molecule has 1 amide bonds. The van der Waals surface area contributed by atoms with Crippen molar-refractivity contribution in [3.8, 4) is 17.3 Å². The second-order valence-corrected chi connectivity index (χ2v) is 5.02. The fourth-order valence-corrected chi connectivity index (χ4v) is 2.27. The molecule has 0 saturated carbocycles. The Morgan fingerprint density at radius 1 is 1.26 bits per heavy atom. The van der Waals surface area contributed by atoms with Crippen LogP contribution in [0.15, 0.2) is 45.5 Å². The van der Waals surface area contributed by atoms with E-state index in [-0.39, 0.29) is 5.88 Å². The van der Waals surface area contributed by atoms with E-state index in [1.165, 1.54) is 6.26 Å². The molecule has 0 unspecified atom stereocenters. The van der Waals surface area contributed by atoms with Gasteiger partial charge in [0.15, 0.2) is 0 Å². The molecule has 1 N–H and O–H groups in total. The fourth-order valence-electron chi connectivity index (χ4n) is 2.27. The van der Waals surface area contributed by atoms with Crippen LogP contribution >= 0.6 is 0 Å². The summed E-state index contributed by atoms with van der Waals surface area (Å²) >= 11 is 0. The molecule has 0 saturated heterocycles. The average molecular weight is 307 g/mol. The van der Waals surface area contributed by atoms with E-state index in [9.17, 15) is 4.79 Å². The smallest absolute Gasteiger partial charge is 0.263 e. The highest BCUT2D eigenvalue weighted by Gasteiger charge is 2.23. The van der Waals surface area contributed by atoms with Crippen molar-refractivity contribution in [2.24, 2.45) is 0 Å². The summed E-state index contributed by atoms with van der Waals surface area (Å²) in [5.41, 5.74) is 2.49. The molecule has 0 spiro atoms. The Balaban J connectivity index is 1.98. The molecule has 3 rings (SSSR count). The Kier molecular flexibility index (Phi) is 3.69. The molecule has 6 nitrogen and oxygen atoms in total. The molecular formula is C17H13N3O3. The van der Waals surface area contributed by atoms with E-state index in [4.69, 9.17) is 14.2 Å². The van der Waals surface area contributed by atoms with Gasteiger partial charge in [-0.05, 0) is 13.8 Å². The Labute approximate surface area is 132 Å². The van der Waals surface area contributed by atoms with E-state index in [1.807, 2.05) is 36.4 Å². The largest absolute Gasteiger partial charge is 0.447 e. The van der Waals surface area contributed by atoms with Crippen molar-refractivity contribution in [2.45, 2.75) is 13.8 Å². The van der Waals surface area contributed by atoms with Gasteiger partial charge in [-0.1, -0.05) is 35.5 Å². The van der Waals surface area contributed by atoms with Crippen molar-refractivity contribution in [3.05, 3.63) is 59.0 Å². The third-order valence-electron chi connectivity index (χ3n) is 3.45. The molecular weight excluding hydrogens is 294 g/mol. The Bertz CT molecular complexity index is 901. The van der Waals surface area contributed by atoms with Crippen molar-refractivity contribution in [2.75, 3.05) is 5.32 Å². The molecule has 0 fully saturated rings. The third kappa shape index (κ3) is 2.60. The second-order valence-electron chi connectivity index (χ2n) is 5.02. The number of aromatic nitrogens is 1. The number of rotatable bonds is 3. The number of aryl methyl sites for hydroxylation is 2. The van der Waals surface area contributed by atoms with Gasteiger partial charge in [0, 0.05) is 11.1 Å². The van der Waals surface area contributed by atoms with Crippen molar-refractivity contribution in [1.82, 2.24) is 5.16 Å². The number of carbonyl (C=O) groups excluding carboxylic acids is 1. The predicted octanol–water partition coefficient (Wildman–Crippen LogP) is 3.68. The van der Waals surface area contributed by atoms with Gasteiger partial charge in [0.1, 0.15) is 28.7 Å². The number of amides is 1. The van der Waals surface area contributed by atoms with Gasteiger partial charge in [-0.25, -0.2) is 0 Å². The lowest BCUT2D eigenvalue weighted by atomic mass is 10.1. The van der Waals surface area contributed by atoms with Gasteiger partial charge in [-0.15, -0.1) is 0 Å². The van der Waals surface area contributed by atoms with Crippen molar-refractivity contribution in [3.63, 3.8) is 0 Å². The summed E-state index contributed by atoms with van der Waals surface area (Å²) in [6.45, 7) is 3.39. The number of nitrogens with zero attached hydrogens (tertiary/aromatic N) is 2. The topological polar surface area (TPSA) is 92.1 Å². The molecule has 0 aliphatic carbocycles. The molecule has 2 aromatic heterocycles. The van der Waals surface area contributed by atoms with Gasteiger partial charge in [-0.2, -0.15) is 5.26 Å². The lowest BCUT2D eigenvalue weighted by Gasteiger charge is -2.03. The van der Waals surface area contributed by atoms with E-state index in [0.29, 0.717) is 28.1 Å². The molecule has 0 aliphatic rings. The first kappa shape index (κ1) is 14.6. The predicted molar refractivity (Wildman–Crippen MR) is 82.8 cm³/mol. The summed E-state index contributed by atoms with van der Waals surface area (Å²) in [7, 11) is 0. The lowest BCUT2D eigenvalue weighted by Crippen LogP contribution is -2.13. The minimum Gasteiger partial charge on any atom is -0.447 e. The van der Waals surface area contributed by atoms with Crippen LogP contribution in [-0.4, -0.2) is 11.1 Å². The summed E-state index contributed by atoms with van der Waals surface area (Å²) < 4.78 is 10.4. The first-order valence-corrected chi connectivity index (χ1v) is 6.93. The Morgan fingerprint density at radius 3 is 2.70 bits per heavy atom. The van der Waals surface area contributed by atoms with Crippen LogP contribution in [0.3, 0.4) is 0 Å². The van der Waals surface area contributed by atoms with Gasteiger partial charge in [-0.3, -0.25) is 10.1 Å². The van der Waals surface area contributed by atoms with Crippen LogP contribution in [0.2, 0.25) is 0 Å². The van der Waals surface area contributed by atoms with Crippen LogP contribution in [0.25, 0.3) is 11.3 Å². The minimum atomic E-state index is -0.437. The van der Waals surface area contributed by atoms with Gasteiger partial charge >= 0.3 is 0 Å². The van der Waals surface area contributed by atoms with Crippen LogP contribution < -0.4 is 5.32 Å². The van der Waals surface area contributed by atoms with Crippen LogP contribution in [0, 0.1) is 25.2 Å². The molecule has 6 heteroatoms. The van der Waals surface area contributed by atoms with Crippen LogP contribution in [0.1, 0.15) is 27.2 Å². The van der Waals surface area contributed by atoms with E-state index in [2.05, 4.69) is 10.5 Å². The summed E-state index contributed by atoms with van der Waals surface area (Å²) in [4.78, 5) is 12.6. The fraction of sp³-hybridized carbons (Fsp3) is 0.118. The summed E-state index contributed by atoms with van der Waals surface area (Å²) in [5.74, 6) is 0.0752. The standard InChI is InChI=1S/C17H13N3O3/c1-10-9-22-17(13(10)8-18)19-16(21)14-11(2)23-20-15(14)12-6-4-3-5-7-12/h3-7,9H,1-2H3,(H,19,21). The normalized spacial score (nSPS) is 10.3. The molecule has 0 bridgehead atoms. The van der Waals surface area contributed by atoms with Gasteiger partial charge < -0.3 is 8.94 Å². The maximum absolute atomic E-state index is 12.6. The van der Waals surface area contributed by atoms with E-state index < -0.39 is 5.91 Å². The van der Waals surface area contributed by atoms with Gasteiger partial charge in [0.25, 0.3) is 5.91 Å². The Morgan fingerprint density at radius 2 is 2.00 bits per heavy atom. The second kappa shape index (κ2) is 5.81. The zero-order valence-electron chi connectivity index (χ0n) is 12.6. The quantitative estimate of drug-likeness (QED) is 0.797. The first-order chi connectivity index (χ1) is 11.1. The molecule has 0 aliphatic heterocycles. The average Bonchev–Trinajstić information content (AvgIpc) is 3.11. The number of nitrogens with one attached hydrogen (secondary N) is 1. The lowest BCUT2D eigenvalue weighted by molar-refractivity contribution is 0.102. The molecule has 3 aromatic rings. The third-order valence-corrected chi connectivity index (χ3v) is 3.45. The number of hydrogen-bond donors (Lipinski definition) is 1. The van der Waals surface area contributed by atoms with E-state index in [0.717, 1.165) is 5.56 Å². The van der Waals surface area contributed by atoms with Gasteiger partial charge in [0.2, 0.25) is 5.88 Å². The van der Waals surface area contributed by atoms with E-state index in [1.54, 1.807) is 13.8 Å². The molecule has 2 heterocycles. The minimum absolute atomic E-state index is 0.120. The number of hydrogen-bond acceptors (Lipinski definition) is 5. The first-order valence-electron chi connectivity index (χ1n) is 6.93. The molecule has 114 valence electrons. The monoisotopic (exact) mass is 307 g/mol. The van der Waals surface area contributed by atoms with Crippen molar-refractivity contribution in [1.29, 1.82) is 5.26 Å². The summed E-state index contributed by atoms with van der Waals surface area (Å²) in [6.07, 6.45) is 1.42. The molecule has 1 aromatic carbocycles. The zero-order valence-corrected chi connectivity index (χ0v) is 12.6. The Hall–Kier alpha value is -3.33. The van der Waals surface area contributed by atoms with Crippen LogP contribution in [0.5, 0.6) is 0 Å². The highest BCUT2D eigenvalue weighted by atomic mass is 16.5. The zero-order chi connectivity index (χ0) is 16.4. The van der Waals surface area contributed by atoms with Crippen molar-refractivity contribution >= 4 is 11.8 Å². The van der Waals surface area contributed by atoms with E-state index >= 15 is 0 Å². The number of carbonyl (C=O) groups is 1. The molecule has 23 heavy (non-hydrogen) atoms. The van der Waals surface area contributed by atoms with Crippen LogP contribution in [0.4, 0.5) is 5.88 Å². The van der Waals surface area contributed by atoms with Crippen LogP contribution in [-0.2, 0) is 0 Å². The summed E-state index contributed by atoms with van der Waals surface area (Å²) in [5, 5.41) is 15.7. The number of nitriles is 1. The summed E-state index contributed by atoms with van der Waals surface area (Å²) in [6, 6.07) is 11.3.